The van der Waals surface area contributed by atoms with E-state index in [1.165, 1.54) is 16.0 Å². The summed E-state index contributed by atoms with van der Waals surface area (Å²) in [7, 11) is 0. The molecule has 0 unspecified atom stereocenters. The average molecular weight is 301 g/mol. The van der Waals surface area contributed by atoms with Gasteiger partial charge in [0.25, 0.3) is 0 Å². The lowest BCUT2D eigenvalue weighted by Crippen LogP contribution is -2.06. The molecule has 2 aromatic heterocycles. The van der Waals surface area contributed by atoms with E-state index in [1.54, 1.807) is 11.3 Å². The van der Waals surface area contributed by atoms with Crippen molar-refractivity contribution in [1.29, 1.82) is 0 Å². The predicted octanol–water partition coefficient (Wildman–Crippen LogP) is 4.07. The van der Waals surface area contributed by atoms with Crippen LogP contribution in [0.3, 0.4) is 0 Å². The van der Waals surface area contributed by atoms with Crippen LogP contribution >= 0.6 is 23.6 Å². The molecule has 0 bridgehead atoms. The number of benzene rings is 1. The summed E-state index contributed by atoms with van der Waals surface area (Å²) in [5.41, 5.74) is 8.46. The van der Waals surface area contributed by atoms with E-state index in [4.69, 9.17) is 18.0 Å². The molecule has 0 atom stereocenters. The van der Waals surface area contributed by atoms with Gasteiger partial charge in [-0.05, 0) is 37.2 Å². The van der Waals surface area contributed by atoms with Crippen molar-refractivity contribution >= 4 is 39.6 Å². The molecule has 0 aliphatic carbocycles. The second kappa shape index (κ2) is 5.00. The lowest BCUT2D eigenvalue weighted by atomic mass is 10.2. The molecule has 20 heavy (non-hydrogen) atoms. The van der Waals surface area contributed by atoms with E-state index >= 15 is 0 Å². The standard InChI is InChI=1S/C15H15N3S2/c1-9-10(2)20-14-12(9)13(16)17-15(19)18(14)8-11-6-4-3-5-7-11/h3-7H,8H2,1-2H3,(H2,16,17,19). The van der Waals surface area contributed by atoms with Crippen LogP contribution in [0.15, 0.2) is 30.3 Å². The molecule has 3 aromatic rings. The highest BCUT2D eigenvalue weighted by Crippen LogP contribution is 2.33. The number of nitrogens with two attached hydrogens (primary N) is 1. The Morgan fingerprint density at radius 2 is 1.95 bits per heavy atom. The third-order valence-electron chi connectivity index (χ3n) is 3.50. The zero-order valence-electron chi connectivity index (χ0n) is 11.4. The van der Waals surface area contributed by atoms with Crippen molar-refractivity contribution in [3.05, 3.63) is 51.1 Å². The van der Waals surface area contributed by atoms with Gasteiger partial charge in [0, 0.05) is 4.88 Å². The van der Waals surface area contributed by atoms with Gasteiger partial charge in [0.15, 0.2) is 0 Å². The van der Waals surface area contributed by atoms with Crippen molar-refractivity contribution < 1.29 is 0 Å². The molecule has 102 valence electrons. The molecular formula is C15H15N3S2. The smallest absolute Gasteiger partial charge is 0.202 e. The van der Waals surface area contributed by atoms with Gasteiger partial charge in [-0.3, -0.25) is 0 Å². The van der Waals surface area contributed by atoms with Gasteiger partial charge in [0.2, 0.25) is 4.77 Å². The molecule has 0 fully saturated rings. The summed E-state index contributed by atoms with van der Waals surface area (Å²) in [6.45, 7) is 4.92. The zero-order chi connectivity index (χ0) is 14.3. The maximum atomic E-state index is 6.05. The molecule has 0 aliphatic heterocycles. The summed E-state index contributed by atoms with van der Waals surface area (Å²) in [4.78, 5) is 6.71. The second-order valence-electron chi connectivity index (χ2n) is 4.81. The molecule has 0 spiro atoms. The number of anilines is 1. The molecule has 0 saturated heterocycles. The molecular weight excluding hydrogens is 286 g/mol. The van der Waals surface area contributed by atoms with Crippen LogP contribution in [0.5, 0.6) is 0 Å². The van der Waals surface area contributed by atoms with Crippen LogP contribution in [-0.2, 0) is 6.54 Å². The molecule has 0 saturated carbocycles. The van der Waals surface area contributed by atoms with Gasteiger partial charge in [-0.15, -0.1) is 11.3 Å². The summed E-state index contributed by atoms with van der Waals surface area (Å²) in [5, 5.41) is 1.04. The number of aryl methyl sites for hydroxylation is 2. The molecule has 0 radical (unpaired) electrons. The quantitative estimate of drug-likeness (QED) is 0.725. The number of thiophene rings is 1. The number of nitrogens with zero attached hydrogens (tertiary/aromatic N) is 2. The topological polar surface area (TPSA) is 43.8 Å². The van der Waals surface area contributed by atoms with Crippen molar-refractivity contribution in [3.63, 3.8) is 0 Å². The molecule has 3 nitrogen and oxygen atoms in total. The summed E-state index contributed by atoms with van der Waals surface area (Å²) in [5.74, 6) is 0.538. The van der Waals surface area contributed by atoms with E-state index in [1.807, 2.05) is 18.2 Å². The Balaban J connectivity index is 2.25. The molecule has 0 aliphatic rings. The maximum Gasteiger partial charge on any atom is 0.202 e. The Morgan fingerprint density at radius 1 is 1.25 bits per heavy atom. The van der Waals surface area contributed by atoms with Crippen LogP contribution < -0.4 is 5.73 Å². The van der Waals surface area contributed by atoms with Gasteiger partial charge in [0.05, 0.1) is 11.9 Å². The highest BCUT2D eigenvalue weighted by molar-refractivity contribution is 7.71. The number of aromatic nitrogens is 2. The number of rotatable bonds is 2. The molecule has 2 N–H and O–H groups in total. The van der Waals surface area contributed by atoms with Crippen molar-refractivity contribution in [2.75, 3.05) is 5.73 Å². The number of hydrogen-bond acceptors (Lipinski definition) is 4. The minimum atomic E-state index is 0.538. The molecule has 0 amide bonds. The lowest BCUT2D eigenvalue weighted by molar-refractivity contribution is 0.795. The summed E-state index contributed by atoms with van der Waals surface area (Å²) >= 11 is 7.13. The Hall–Kier alpha value is -1.72. The van der Waals surface area contributed by atoms with E-state index in [2.05, 4.69) is 35.5 Å². The fourth-order valence-corrected chi connectivity index (χ4v) is 3.79. The Morgan fingerprint density at radius 3 is 2.65 bits per heavy atom. The van der Waals surface area contributed by atoms with Crippen LogP contribution in [0, 0.1) is 18.6 Å². The maximum absolute atomic E-state index is 6.05. The summed E-state index contributed by atoms with van der Waals surface area (Å²) in [6, 6.07) is 10.3. The van der Waals surface area contributed by atoms with E-state index in [0.29, 0.717) is 10.6 Å². The first-order chi connectivity index (χ1) is 9.58. The van der Waals surface area contributed by atoms with Crippen LogP contribution in [0.25, 0.3) is 10.2 Å². The van der Waals surface area contributed by atoms with Crippen LogP contribution in [0.4, 0.5) is 5.82 Å². The zero-order valence-corrected chi connectivity index (χ0v) is 13.0. The van der Waals surface area contributed by atoms with E-state index in [9.17, 15) is 0 Å². The van der Waals surface area contributed by atoms with E-state index < -0.39 is 0 Å². The Bertz CT molecular complexity index is 832. The normalized spacial score (nSPS) is 11.1. The highest BCUT2D eigenvalue weighted by Gasteiger charge is 2.13. The summed E-state index contributed by atoms with van der Waals surface area (Å²) < 4.78 is 2.61. The monoisotopic (exact) mass is 301 g/mol. The predicted molar refractivity (Wildman–Crippen MR) is 87.9 cm³/mol. The van der Waals surface area contributed by atoms with Gasteiger partial charge >= 0.3 is 0 Å². The minimum absolute atomic E-state index is 0.538. The largest absolute Gasteiger partial charge is 0.383 e. The van der Waals surface area contributed by atoms with Gasteiger partial charge in [-0.25, -0.2) is 4.98 Å². The molecule has 3 rings (SSSR count). The highest BCUT2D eigenvalue weighted by atomic mass is 32.1. The Kier molecular flexibility index (Phi) is 3.31. The Labute approximate surface area is 126 Å². The summed E-state index contributed by atoms with van der Waals surface area (Å²) in [6.07, 6.45) is 0. The minimum Gasteiger partial charge on any atom is -0.383 e. The molecule has 1 aromatic carbocycles. The number of hydrogen-bond donors (Lipinski definition) is 1. The van der Waals surface area contributed by atoms with E-state index in [-0.39, 0.29) is 0 Å². The third kappa shape index (κ3) is 2.13. The number of nitrogen functional groups attached to an aromatic ring is 1. The van der Waals surface area contributed by atoms with Gasteiger partial charge in [-0.1, -0.05) is 30.3 Å². The van der Waals surface area contributed by atoms with Gasteiger partial charge < -0.3 is 10.3 Å². The lowest BCUT2D eigenvalue weighted by Gasteiger charge is -2.10. The van der Waals surface area contributed by atoms with Crippen molar-refractivity contribution in [2.24, 2.45) is 0 Å². The average Bonchev–Trinajstić information content (AvgIpc) is 2.72. The van der Waals surface area contributed by atoms with Crippen LogP contribution in [-0.4, -0.2) is 9.55 Å². The van der Waals surface area contributed by atoms with Crippen molar-refractivity contribution in [2.45, 2.75) is 20.4 Å². The fraction of sp³-hybridized carbons (Fsp3) is 0.200. The van der Waals surface area contributed by atoms with Crippen LogP contribution in [0.1, 0.15) is 16.0 Å². The van der Waals surface area contributed by atoms with E-state index in [0.717, 1.165) is 16.8 Å². The van der Waals surface area contributed by atoms with Gasteiger partial charge in [-0.2, -0.15) is 0 Å². The van der Waals surface area contributed by atoms with Crippen LogP contribution in [0.2, 0.25) is 0 Å². The third-order valence-corrected chi connectivity index (χ3v) is 5.04. The SMILES string of the molecule is Cc1sc2c(c(N)nc(=S)n2Cc2ccccc2)c1C. The van der Waals surface area contributed by atoms with Gasteiger partial charge in [0.1, 0.15) is 10.6 Å². The first-order valence-corrected chi connectivity index (χ1v) is 7.60. The molecule has 2 heterocycles. The van der Waals surface area contributed by atoms with Crippen molar-refractivity contribution in [1.82, 2.24) is 9.55 Å². The fourth-order valence-electron chi connectivity index (χ4n) is 2.31. The first kappa shape index (κ1) is 13.3. The second-order valence-corrected chi connectivity index (χ2v) is 6.38. The first-order valence-electron chi connectivity index (χ1n) is 6.38. The van der Waals surface area contributed by atoms with Crippen molar-refractivity contribution in [3.8, 4) is 0 Å². The molecule has 5 heteroatoms. The number of fused-ring (bicyclic) bond motifs is 1.